The Morgan fingerprint density at radius 1 is 1.15 bits per heavy atom. The number of benzene rings is 2. The van der Waals surface area contributed by atoms with Crippen LogP contribution in [-0.2, 0) is 6.42 Å². The second-order valence-corrected chi connectivity index (χ2v) is 9.50. The van der Waals surface area contributed by atoms with Crippen LogP contribution in [0.25, 0.3) is 0 Å². The second-order valence-electron chi connectivity index (χ2n) is 9.50. The van der Waals surface area contributed by atoms with Gasteiger partial charge in [-0.2, -0.15) is 0 Å². The quantitative estimate of drug-likeness (QED) is 0.436. The number of pyridine rings is 1. The van der Waals surface area contributed by atoms with Gasteiger partial charge in [-0.25, -0.2) is 4.79 Å². The van der Waals surface area contributed by atoms with Gasteiger partial charge in [0.05, 0.1) is 23.5 Å². The fraction of sp³-hybridized carbons (Fsp3) is 0.357. The molecule has 1 unspecified atom stereocenters. The van der Waals surface area contributed by atoms with Crippen LogP contribution in [0.2, 0.25) is 0 Å². The van der Waals surface area contributed by atoms with E-state index in [2.05, 4.69) is 77.0 Å². The fourth-order valence-corrected chi connectivity index (χ4v) is 5.12. The van der Waals surface area contributed by atoms with Crippen LogP contribution >= 0.6 is 0 Å². The number of carboxylic acids is 1. The normalized spacial score (nSPS) is 18.5. The maximum atomic E-state index is 11.6. The molecule has 6 nitrogen and oxygen atoms in total. The smallest absolute Gasteiger partial charge is 0.337 e. The molecule has 5 rings (SSSR count). The molecule has 3 aromatic rings. The maximum absolute atomic E-state index is 11.6. The molecule has 1 fully saturated rings. The largest absolute Gasteiger partial charge is 0.478 e. The summed E-state index contributed by atoms with van der Waals surface area (Å²) in [6.45, 7) is 2.96. The minimum atomic E-state index is -0.956. The van der Waals surface area contributed by atoms with Crippen molar-refractivity contribution in [1.29, 1.82) is 0 Å². The van der Waals surface area contributed by atoms with Gasteiger partial charge in [0.2, 0.25) is 0 Å². The molecule has 0 spiro atoms. The Kier molecular flexibility index (Phi) is 6.24. The van der Waals surface area contributed by atoms with E-state index >= 15 is 0 Å². The van der Waals surface area contributed by atoms with Crippen LogP contribution in [0.5, 0.6) is 0 Å². The molecule has 0 radical (unpaired) electrons. The van der Waals surface area contributed by atoms with E-state index in [1.54, 1.807) is 6.20 Å². The van der Waals surface area contributed by atoms with Crippen LogP contribution in [0, 0.1) is 0 Å². The minimum absolute atomic E-state index is 0.0102. The van der Waals surface area contributed by atoms with Gasteiger partial charge >= 0.3 is 5.97 Å². The van der Waals surface area contributed by atoms with E-state index in [1.807, 2.05) is 0 Å². The SMILES string of the molecule is CC(Nc1cnccc1C(=O)O)[C@@H]1NCCc2cc(N(C)c3ccc(C4CCC4)cc3)ccc21. The number of nitrogens with zero attached hydrogens (tertiary/aromatic N) is 2. The second kappa shape index (κ2) is 9.47. The van der Waals surface area contributed by atoms with Gasteiger partial charge < -0.3 is 20.6 Å². The monoisotopic (exact) mass is 456 g/mol. The van der Waals surface area contributed by atoms with E-state index in [0.717, 1.165) is 18.9 Å². The molecule has 176 valence electrons. The first kappa shape index (κ1) is 22.4. The van der Waals surface area contributed by atoms with Crippen LogP contribution in [-0.4, -0.2) is 35.7 Å². The Morgan fingerprint density at radius 2 is 1.91 bits per heavy atom. The third-order valence-corrected chi connectivity index (χ3v) is 7.40. The average molecular weight is 457 g/mol. The van der Waals surface area contributed by atoms with Gasteiger partial charge in [0.25, 0.3) is 0 Å². The summed E-state index contributed by atoms with van der Waals surface area (Å²) in [6.07, 6.45) is 8.05. The minimum Gasteiger partial charge on any atom is -0.478 e. The first-order chi connectivity index (χ1) is 16.5. The van der Waals surface area contributed by atoms with E-state index in [0.29, 0.717) is 5.69 Å². The van der Waals surface area contributed by atoms with Crippen molar-refractivity contribution in [3.8, 4) is 0 Å². The summed E-state index contributed by atoms with van der Waals surface area (Å²) in [6, 6.07) is 17.3. The molecule has 0 amide bonds. The highest BCUT2D eigenvalue weighted by molar-refractivity contribution is 5.93. The molecular formula is C28H32N4O2. The lowest BCUT2D eigenvalue weighted by atomic mass is 9.80. The molecule has 1 aliphatic heterocycles. The van der Waals surface area contributed by atoms with E-state index in [1.165, 1.54) is 59.6 Å². The highest BCUT2D eigenvalue weighted by atomic mass is 16.4. The number of carboxylic acid groups (broad SMARTS) is 1. The van der Waals surface area contributed by atoms with Gasteiger partial charge in [0.1, 0.15) is 0 Å². The highest BCUT2D eigenvalue weighted by Crippen LogP contribution is 2.38. The van der Waals surface area contributed by atoms with Crippen LogP contribution in [0.1, 0.15) is 65.2 Å². The molecule has 2 heterocycles. The zero-order valence-electron chi connectivity index (χ0n) is 19.8. The third kappa shape index (κ3) is 4.38. The Bertz CT molecular complexity index is 1170. The summed E-state index contributed by atoms with van der Waals surface area (Å²) in [4.78, 5) is 17.9. The van der Waals surface area contributed by atoms with Crippen molar-refractivity contribution >= 4 is 23.0 Å². The number of rotatable bonds is 7. The number of nitrogens with one attached hydrogen (secondary N) is 2. The van der Waals surface area contributed by atoms with E-state index < -0.39 is 5.97 Å². The summed E-state index contributed by atoms with van der Waals surface area (Å²) in [5.74, 6) is -0.205. The van der Waals surface area contributed by atoms with Gasteiger partial charge in [-0.3, -0.25) is 4.98 Å². The lowest BCUT2D eigenvalue weighted by Crippen LogP contribution is -2.40. The first-order valence-electron chi connectivity index (χ1n) is 12.1. The van der Waals surface area contributed by atoms with Gasteiger partial charge in [-0.1, -0.05) is 24.6 Å². The lowest BCUT2D eigenvalue weighted by molar-refractivity contribution is 0.0697. The predicted octanol–water partition coefficient (Wildman–Crippen LogP) is 5.50. The molecule has 1 aromatic heterocycles. The number of anilines is 3. The molecule has 1 aliphatic carbocycles. The van der Waals surface area contributed by atoms with Crippen molar-refractivity contribution < 1.29 is 9.90 Å². The van der Waals surface area contributed by atoms with Gasteiger partial charge in [-0.15, -0.1) is 0 Å². The van der Waals surface area contributed by atoms with Crippen LogP contribution in [0.3, 0.4) is 0 Å². The Balaban J connectivity index is 1.34. The van der Waals surface area contributed by atoms with Crippen molar-refractivity contribution in [3.05, 3.63) is 83.2 Å². The van der Waals surface area contributed by atoms with E-state index in [-0.39, 0.29) is 17.6 Å². The fourth-order valence-electron chi connectivity index (χ4n) is 5.12. The number of hydrogen-bond donors (Lipinski definition) is 3. The summed E-state index contributed by atoms with van der Waals surface area (Å²) < 4.78 is 0. The van der Waals surface area contributed by atoms with Crippen molar-refractivity contribution in [1.82, 2.24) is 10.3 Å². The molecule has 0 saturated heterocycles. The van der Waals surface area contributed by atoms with E-state index in [9.17, 15) is 9.90 Å². The van der Waals surface area contributed by atoms with Crippen molar-refractivity contribution in [3.63, 3.8) is 0 Å². The van der Waals surface area contributed by atoms with Crippen LogP contribution in [0.4, 0.5) is 17.1 Å². The zero-order valence-corrected chi connectivity index (χ0v) is 19.8. The summed E-state index contributed by atoms with van der Waals surface area (Å²) in [5, 5.41) is 16.5. The predicted molar refractivity (Wildman–Crippen MR) is 136 cm³/mol. The third-order valence-electron chi connectivity index (χ3n) is 7.40. The number of aromatic nitrogens is 1. The van der Waals surface area contributed by atoms with Crippen molar-refractivity contribution in [2.75, 3.05) is 23.8 Å². The molecule has 2 aliphatic rings. The molecular weight excluding hydrogens is 424 g/mol. The molecule has 6 heteroatoms. The topological polar surface area (TPSA) is 77.5 Å². The Labute approximate surface area is 201 Å². The average Bonchev–Trinajstić information content (AvgIpc) is 2.82. The molecule has 0 bridgehead atoms. The molecule has 3 N–H and O–H groups in total. The van der Waals surface area contributed by atoms with Gasteiger partial charge in [0, 0.05) is 30.7 Å². The molecule has 1 saturated carbocycles. The Hall–Kier alpha value is -3.38. The molecule has 2 atom stereocenters. The zero-order chi connectivity index (χ0) is 23.7. The Morgan fingerprint density at radius 3 is 2.62 bits per heavy atom. The molecule has 34 heavy (non-hydrogen) atoms. The van der Waals surface area contributed by atoms with Gasteiger partial charge in [0.15, 0.2) is 0 Å². The number of hydrogen-bond acceptors (Lipinski definition) is 5. The lowest BCUT2D eigenvalue weighted by Gasteiger charge is -2.33. The summed E-state index contributed by atoms with van der Waals surface area (Å²) in [5.41, 5.74) is 7.19. The number of aromatic carboxylic acids is 1. The van der Waals surface area contributed by atoms with E-state index in [4.69, 9.17) is 0 Å². The van der Waals surface area contributed by atoms with Crippen molar-refractivity contribution in [2.24, 2.45) is 0 Å². The summed E-state index contributed by atoms with van der Waals surface area (Å²) >= 11 is 0. The van der Waals surface area contributed by atoms with Gasteiger partial charge in [-0.05, 0) is 85.7 Å². The highest BCUT2D eigenvalue weighted by Gasteiger charge is 2.26. The van der Waals surface area contributed by atoms with Crippen LogP contribution in [0.15, 0.2) is 60.9 Å². The standard InChI is InChI=1S/C28H32N4O2/c1-18(31-26-17-29-14-13-25(26)28(33)34)27-24-11-10-23(16-21(24)12-15-30-27)32(2)22-8-6-20(7-9-22)19-4-3-5-19/h6-11,13-14,16-19,27,30-31H,3-5,12,15H2,1-2H3,(H,33,34)/t18?,27-/m0/s1. The van der Waals surface area contributed by atoms with Crippen LogP contribution < -0.4 is 15.5 Å². The summed E-state index contributed by atoms with van der Waals surface area (Å²) in [7, 11) is 2.12. The number of fused-ring (bicyclic) bond motifs is 1. The van der Waals surface area contributed by atoms with Crippen molar-refractivity contribution in [2.45, 2.75) is 50.6 Å². The number of carbonyl (C=O) groups is 1. The maximum Gasteiger partial charge on any atom is 0.337 e. The first-order valence-corrected chi connectivity index (χ1v) is 12.1. The molecule has 2 aromatic carbocycles.